The molecule has 120 valence electrons. The highest BCUT2D eigenvalue weighted by Gasteiger charge is 2.34. The van der Waals surface area contributed by atoms with Crippen molar-refractivity contribution in [2.24, 2.45) is 0 Å². The highest BCUT2D eigenvalue weighted by atomic mass is 16.3. The molecule has 0 bridgehead atoms. The number of rotatable bonds is 2. The van der Waals surface area contributed by atoms with Crippen LogP contribution in [0.1, 0.15) is 38.7 Å². The van der Waals surface area contributed by atoms with Gasteiger partial charge in [-0.05, 0) is 57.7 Å². The van der Waals surface area contributed by atoms with Gasteiger partial charge in [-0.2, -0.15) is 0 Å². The first kappa shape index (κ1) is 15.5. The molecule has 4 nitrogen and oxygen atoms in total. The van der Waals surface area contributed by atoms with Gasteiger partial charge in [0.2, 0.25) is 5.91 Å². The molecule has 0 aromatic heterocycles. The molecular weight excluding hydrogens is 276 g/mol. The lowest BCUT2D eigenvalue weighted by Crippen LogP contribution is -2.54. The Kier molecular flexibility index (Phi) is 4.50. The minimum absolute atomic E-state index is 0.161. The second-order valence-corrected chi connectivity index (χ2v) is 6.69. The molecule has 0 spiro atoms. The Hall–Kier alpha value is -1.39. The summed E-state index contributed by atoms with van der Waals surface area (Å²) in [6.07, 6.45) is 3.57. The number of nitrogens with zero attached hydrogens (tertiary/aromatic N) is 2. The second kappa shape index (κ2) is 6.39. The SMILES string of the molecule is CC(C(=O)N1c2ccccc2CCC1C)N1CCCC(O)C1. The summed E-state index contributed by atoms with van der Waals surface area (Å²) < 4.78 is 0. The van der Waals surface area contributed by atoms with Gasteiger partial charge in [0.15, 0.2) is 0 Å². The Morgan fingerprint density at radius 1 is 1.32 bits per heavy atom. The average molecular weight is 302 g/mol. The number of fused-ring (bicyclic) bond motifs is 1. The van der Waals surface area contributed by atoms with E-state index < -0.39 is 0 Å². The first-order valence-corrected chi connectivity index (χ1v) is 8.41. The van der Waals surface area contributed by atoms with Gasteiger partial charge in [0.05, 0.1) is 12.1 Å². The maximum Gasteiger partial charge on any atom is 0.244 e. The molecule has 4 heteroatoms. The van der Waals surface area contributed by atoms with Crippen LogP contribution in [0.15, 0.2) is 24.3 Å². The van der Waals surface area contributed by atoms with Crippen LogP contribution in [0.3, 0.4) is 0 Å². The summed E-state index contributed by atoms with van der Waals surface area (Å²) >= 11 is 0. The topological polar surface area (TPSA) is 43.8 Å². The Labute approximate surface area is 132 Å². The lowest BCUT2D eigenvalue weighted by atomic mass is 9.95. The fourth-order valence-corrected chi connectivity index (χ4v) is 3.72. The summed E-state index contributed by atoms with van der Waals surface area (Å²) in [5.41, 5.74) is 2.33. The maximum absolute atomic E-state index is 13.1. The molecule has 1 N–H and O–H groups in total. The zero-order valence-electron chi connectivity index (χ0n) is 13.5. The molecule has 3 unspecified atom stereocenters. The minimum Gasteiger partial charge on any atom is -0.392 e. The smallest absolute Gasteiger partial charge is 0.244 e. The van der Waals surface area contributed by atoms with Crippen molar-refractivity contribution in [3.05, 3.63) is 29.8 Å². The van der Waals surface area contributed by atoms with Crippen molar-refractivity contribution >= 4 is 11.6 Å². The number of carbonyl (C=O) groups excluding carboxylic acids is 1. The van der Waals surface area contributed by atoms with Crippen LogP contribution in [-0.2, 0) is 11.2 Å². The number of aliphatic hydroxyl groups excluding tert-OH is 1. The molecule has 1 aromatic rings. The number of para-hydroxylation sites is 1. The molecule has 1 amide bonds. The minimum atomic E-state index is -0.296. The predicted molar refractivity (Wildman–Crippen MR) is 88.0 cm³/mol. The Bertz CT molecular complexity index is 546. The van der Waals surface area contributed by atoms with E-state index in [4.69, 9.17) is 0 Å². The average Bonchev–Trinajstić information content (AvgIpc) is 2.53. The predicted octanol–water partition coefficient (Wildman–Crippen LogP) is 2.20. The fraction of sp³-hybridized carbons (Fsp3) is 0.611. The number of piperidine rings is 1. The number of anilines is 1. The van der Waals surface area contributed by atoms with E-state index in [-0.39, 0.29) is 24.1 Å². The number of hydrogen-bond donors (Lipinski definition) is 1. The van der Waals surface area contributed by atoms with Gasteiger partial charge < -0.3 is 10.0 Å². The van der Waals surface area contributed by atoms with E-state index in [2.05, 4.69) is 24.0 Å². The van der Waals surface area contributed by atoms with E-state index in [1.807, 2.05) is 24.0 Å². The van der Waals surface area contributed by atoms with Crippen LogP contribution >= 0.6 is 0 Å². The van der Waals surface area contributed by atoms with E-state index in [0.717, 1.165) is 37.9 Å². The van der Waals surface area contributed by atoms with Crippen molar-refractivity contribution in [2.75, 3.05) is 18.0 Å². The zero-order valence-corrected chi connectivity index (χ0v) is 13.5. The van der Waals surface area contributed by atoms with Gasteiger partial charge in [-0.3, -0.25) is 9.69 Å². The van der Waals surface area contributed by atoms with E-state index in [9.17, 15) is 9.90 Å². The number of hydrogen-bond acceptors (Lipinski definition) is 3. The maximum atomic E-state index is 13.1. The van der Waals surface area contributed by atoms with Crippen LogP contribution in [-0.4, -0.2) is 47.2 Å². The van der Waals surface area contributed by atoms with Gasteiger partial charge in [-0.15, -0.1) is 0 Å². The van der Waals surface area contributed by atoms with Gasteiger partial charge in [0.25, 0.3) is 0 Å². The Morgan fingerprint density at radius 2 is 2.09 bits per heavy atom. The third-order valence-corrected chi connectivity index (χ3v) is 5.09. The highest BCUT2D eigenvalue weighted by molar-refractivity contribution is 5.98. The molecule has 0 aliphatic carbocycles. The molecule has 1 fully saturated rings. The summed E-state index contributed by atoms with van der Waals surface area (Å²) in [5, 5.41) is 9.86. The lowest BCUT2D eigenvalue weighted by Gasteiger charge is -2.40. The number of β-amino-alcohol motifs (C(OH)–C–C–N with tert-alkyl or cyclic N) is 1. The van der Waals surface area contributed by atoms with Gasteiger partial charge in [0.1, 0.15) is 0 Å². The van der Waals surface area contributed by atoms with Crippen LogP contribution in [0, 0.1) is 0 Å². The fourth-order valence-electron chi connectivity index (χ4n) is 3.72. The first-order valence-electron chi connectivity index (χ1n) is 8.41. The molecule has 3 rings (SSSR count). The van der Waals surface area contributed by atoms with Crippen molar-refractivity contribution < 1.29 is 9.90 Å². The summed E-state index contributed by atoms with van der Waals surface area (Å²) in [6, 6.07) is 8.29. The van der Waals surface area contributed by atoms with E-state index >= 15 is 0 Å². The van der Waals surface area contributed by atoms with Crippen molar-refractivity contribution in [2.45, 2.75) is 57.7 Å². The van der Waals surface area contributed by atoms with Gasteiger partial charge in [-0.1, -0.05) is 18.2 Å². The zero-order chi connectivity index (χ0) is 15.7. The van der Waals surface area contributed by atoms with Crippen LogP contribution in [0.5, 0.6) is 0 Å². The summed E-state index contributed by atoms with van der Waals surface area (Å²) in [5.74, 6) is 0.161. The lowest BCUT2D eigenvalue weighted by molar-refractivity contribution is -0.124. The van der Waals surface area contributed by atoms with Crippen molar-refractivity contribution in [3.8, 4) is 0 Å². The van der Waals surface area contributed by atoms with E-state index in [1.54, 1.807) is 0 Å². The number of carbonyl (C=O) groups is 1. The Balaban J connectivity index is 1.81. The number of likely N-dealkylation sites (tertiary alicyclic amines) is 1. The number of aliphatic hydroxyl groups is 1. The van der Waals surface area contributed by atoms with Crippen molar-refractivity contribution in [1.82, 2.24) is 4.90 Å². The van der Waals surface area contributed by atoms with Gasteiger partial charge >= 0.3 is 0 Å². The van der Waals surface area contributed by atoms with Crippen LogP contribution in [0.2, 0.25) is 0 Å². The number of amides is 1. The van der Waals surface area contributed by atoms with Crippen LogP contribution < -0.4 is 4.90 Å². The summed E-state index contributed by atoms with van der Waals surface area (Å²) in [6.45, 7) is 5.61. The molecule has 22 heavy (non-hydrogen) atoms. The molecule has 3 atom stereocenters. The molecule has 2 heterocycles. The largest absolute Gasteiger partial charge is 0.392 e. The third kappa shape index (κ3) is 2.90. The number of benzene rings is 1. The molecule has 1 saturated heterocycles. The summed E-state index contributed by atoms with van der Waals surface area (Å²) in [4.78, 5) is 17.2. The monoisotopic (exact) mass is 302 g/mol. The quantitative estimate of drug-likeness (QED) is 0.911. The van der Waals surface area contributed by atoms with E-state index in [1.165, 1.54) is 5.56 Å². The standard InChI is InChI=1S/C18H26N2O2/c1-13-9-10-15-6-3-4-8-17(15)20(13)18(22)14(2)19-11-5-7-16(21)12-19/h3-4,6,8,13-14,16,21H,5,7,9-12H2,1-2H3. The van der Waals surface area contributed by atoms with Crippen molar-refractivity contribution in [3.63, 3.8) is 0 Å². The molecule has 0 radical (unpaired) electrons. The molecule has 2 aliphatic heterocycles. The van der Waals surface area contributed by atoms with Gasteiger partial charge in [-0.25, -0.2) is 0 Å². The van der Waals surface area contributed by atoms with Crippen LogP contribution in [0.4, 0.5) is 5.69 Å². The molecule has 2 aliphatic rings. The Morgan fingerprint density at radius 3 is 2.86 bits per heavy atom. The second-order valence-electron chi connectivity index (χ2n) is 6.69. The molecule has 1 aromatic carbocycles. The first-order chi connectivity index (χ1) is 10.6. The molecule has 0 saturated carbocycles. The highest BCUT2D eigenvalue weighted by Crippen LogP contribution is 2.31. The van der Waals surface area contributed by atoms with Gasteiger partial charge in [0, 0.05) is 18.3 Å². The molecular formula is C18H26N2O2. The summed E-state index contributed by atoms with van der Waals surface area (Å²) in [7, 11) is 0. The third-order valence-electron chi connectivity index (χ3n) is 5.09. The van der Waals surface area contributed by atoms with Crippen LogP contribution in [0.25, 0.3) is 0 Å². The number of aryl methyl sites for hydroxylation is 1. The normalized spacial score (nSPS) is 27.3. The van der Waals surface area contributed by atoms with E-state index in [0.29, 0.717) is 6.54 Å². The van der Waals surface area contributed by atoms with Crippen molar-refractivity contribution in [1.29, 1.82) is 0 Å².